The van der Waals surface area contributed by atoms with Crippen molar-refractivity contribution < 1.29 is 26.3 Å². The molecule has 9 heteroatoms. The van der Waals surface area contributed by atoms with Crippen molar-refractivity contribution in [1.29, 1.82) is 0 Å². The summed E-state index contributed by atoms with van der Waals surface area (Å²) in [5, 5.41) is 0. The highest BCUT2D eigenvalue weighted by molar-refractivity contribution is 7.88. The Balaban J connectivity index is 1.45. The number of fused-ring (bicyclic) bond motifs is 1. The van der Waals surface area contributed by atoms with E-state index in [0.717, 1.165) is 17.4 Å². The Kier molecular flexibility index (Phi) is 5.85. The predicted octanol–water partition coefficient (Wildman–Crippen LogP) is 4.96. The van der Waals surface area contributed by atoms with Gasteiger partial charge in [-0.3, -0.25) is 4.98 Å². The van der Waals surface area contributed by atoms with Gasteiger partial charge in [-0.25, -0.2) is 21.6 Å². The first kappa shape index (κ1) is 23.5. The van der Waals surface area contributed by atoms with Gasteiger partial charge < -0.3 is 4.74 Å². The molecule has 0 N–H and O–H groups in total. The zero-order valence-corrected chi connectivity index (χ0v) is 19.6. The van der Waals surface area contributed by atoms with Crippen LogP contribution in [0.4, 0.5) is 13.2 Å². The van der Waals surface area contributed by atoms with Gasteiger partial charge in [-0.2, -0.15) is 4.31 Å². The minimum Gasteiger partial charge on any atom is -0.363 e. The first-order chi connectivity index (χ1) is 16.1. The third-order valence-electron chi connectivity index (χ3n) is 7.58. The number of hydrogen-bond acceptors (Lipinski definition) is 4. The Labute approximate surface area is 197 Å². The molecule has 3 fully saturated rings. The molecule has 1 unspecified atom stereocenters. The fraction of sp³-hybridized carbons (Fsp3) is 0.480. The van der Waals surface area contributed by atoms with Crippen LogP contribution in [-0.2, 0) is 14.8 Å². The number of alkyl halides is 2. The maximum Gasteiger partial charge on any atom is 0.248 e. The van der Waals surface area contributed by atoms with Crippen LogP contribution in [0.15, 0.2) is 48.7 Å². The number of benzene rings is 1. The molecule has 1 spiro atoms. The maximum atomic E-state index is 14.2. The minimum absolute atomic E-state index is 0.0478. The third kappa shape index (κ3) is 4.29. The molecule has 1 saturated heterocycles. The summed E-state index contributed by atoms with van der Waals surface area (Å²) in [6, 6.07) is 9.91. The van der Waals surface area contributed by atoms with Crippen LogP contribution in [0.5, 0.6) is 0 Å². The molecule has 1 aliphatic heterocycles. The first-order valence-electron chi connectivity index (χ1n) is 11.4. The van der Waals surface area contributed by atoms with E-state index >= 15 is 0 Å². The second kappa shape index (κ2) is 8.46. The van der Waals surface area contributed by atoms with Crippen LogP contribution in [0, 0.1) is 23.6 Å². The summed E-state index contributed by atoms with van der Waals surface area (Å²) in [6.45, 7) is 0.138. The zero-order chi connectivity index (χ0) is 24.1. The van der Waals surface area contributed by atoms with Crippen molar-refractivity contribution in [1.82, 2.24) is 9.29 Å². The van der Waals surface area contributed by atoms with Crippen molar-refractivity contribution in [3.63, 3.8) is 0 Å². The molecule has 3 aliphatic rings. The van der Waals surface area contributed by atoms with Crippen molar-refractivity contribution in [3.05, 3.63) is 60.2 Å². The summed E-state index contributed by atoms with van der Waals surface area (Å²) in [5.41, 5.74) is 1.29. The van der Waals surface area contributed by atoms with Crippen LogP contribution < -0.4 is 0 Å². The molecule has 0 bridgehead atoms. The first-order valence-corrected chi connectivity index (χ1v) is 13.3. The number of pyridine rings is 1. The summed E-state index contributed by atoms with van der Waals surface area (Å²) < 4.78 is 74.1. The quantitative estimate of drug-likeness (QED) is 0.605. The Morgan fingerprint density at radius 3 is 2.71 bits per heavy atom. The molecule has 2 saturated carbocycles. The van der Waals surface area contributed by atoms with E-state index in [4.69, 9.17) is 4.74 Å². The van der Waals surface area contributed by atoms with Crippen molar-refractivity contribution in [2.75, 3.05) is 19.6 Å². The normalized spacial score (nSPS) is 31.4. The molecule has 2 heterocycles. The zero-order valence-electron chi connectivity index (χ0n) is 18.8. The summed E-state index contributed by atoms with van der Waals surface area (Å²) in [4.78, 5) is 4.46. The second-order valence-corrected chi connectivity index (χ2v) is 11.7. The average Bonchev–Trinajstić information content (AvgIpc) is 3.32. The van der Waals surface area contributed by atoms with Gasteiger partial charge in [0.1, 0.15) is 12.5 Å². The second-order valence-electron chi connectivity index (χ2n) is 9.79. The Bertz CT molecular complexity index is 1200. The van der Waals surface area contributed by atoms with Crippen molar-refractivity contribution in [2.45, 2.75) is 37.1 Å². The highest BCUT2D eigenvalue weighted by Gasteiger charge is 2.62. The van der Waals surface area contributed by atoms with Crippen LogP contribution in [0.25, 0.3) is 17.2 Å². The molecule has 1 aromatic carbocycles. The minimum atomic E-state index is -3.58. The average molecular weight is 493 g/mol. The number of ether oxygens (including phenoxy) is 1. The molecule has 0 radical (unpaired) electrons. The number of nitrogens with zero attached hydrogens (tertiary/aromatic N) is 2. The molecule has 4 atom stereocenters. The van der Waals surface area contributed by atoms with Gasteiger partial charge in [0, 0.05) is 30.5 Å². The lowest BCUT2D eigenvalue weighted by atomic mass is 9.75. The van der Waals surface area contributed by atoms with E-state index in [1.165, 1.54) is 16.4 Å². The lowest BCUT2D eigenvalue weighted by Gasteiger charge is -2.37. The van der Waals surface area contributed by atoms with Gasteiger partial charge in [0.25, 0.3) is 0 Å². The molecule has 2 aromatic rings. The van der Waals surface area contributed by atoms with Crippen molar-refractivity contribution >= 4 is 16.1 Å². The topological polar surface area (TPSA) is 59.5 Å². The Morgan fingerprint density at radius 2 is 2.00 bits per heavy atom. The van der Waals surface area contributed by atoms with Crippen LogP contribution in [0.1, 0.15) is 31.4 Å². The van der Waals surface area contributed by atoms with E-state index in [2.05, 4.69) is 4.98 Å². The van der Waals surface area contributed by atoms with E-state index in [1.54, 1.807) is 18.3 Å². The van der Waals surface area contributed by atoms with Crippen LogP contribution in [0.3, 0.4) is 0 Å². The molecule has 182 valence electrons. The number of sulfonamides is 1. The van der Waals surface area contributed by atoms with Gasteiger partial charge in [0.2, 0.25) is 15.9 Å². The lowest BCUT2D eigenvalue weighted by molar-refractivity contribution is -0.0659. The summed E-state index contributed by atoms with van der Waals surface area (Å²) in [6.07, 6.45) is 6.87. The van der Waals surface area contributed by atoms with Crippen molar-refractivity contribution in [3.8, 4) is 11.1 Å². The number of halogens is 3. The van der Waals surface area contributed by atoms with Crippen LogP contribution >= 0.6 is 0 Å². The van der Waals surface area contributed by atoms with Crippen molar-refractivity contribution in [2.24, 2.45) is 17.8 Å². The smallest absolute Gasteiger partial charge is 0.248 e. The largest absolute Gasteiger partial charge is 0.363 e. The highest BCUT2D eigenvalue weighted by atomic mass is 32.2. The maximum absolute atomic E-state index is 14.2. The molecule has 0 amide bonds. The molecule has 1 aromatic heterocycles. The number of hydrogen-bond donors (Lipinski definition) is 0. The molecule has 2 aliphatic carbocycles. The predicted molar refractivity (Wildman–Crippen MR) is 123 cm³/mol. The van der Waals surface area contributed by atoms with E-state index in [-0.39, 0.29) is 49.8 Å². The third-order valence-corrected chi connectivity index (χ3v) is 8.85. The fourth-order valence-corrected chi connectivity index (χ4v) is 7.33. The van der Waals surface area contributed by atoms with Crippen LogP contribution in [0.2, 0.25) is 0 Å². The van der Waals surface area contributed by atoms with Gasteiger partial charge in [0.05, 0.1) is 24.1 Å². The van der Waals surface area contributed by atoms with E-state index in [0.29, 0.717) is 18.5 Å². The monoisotopic (exact) mass is 492 g/mol. The molecular weight excluding hydrogens is 465 g/mol. The van der Waals surface area contributed by atoms with Crippen LogP contribution in [-0.4, -0.2) is 48.8 Å². The Morgan fingerprint density at radius 1 is 1.18 bits per heavy atom. The van der Waals surface area contributed by atoms with Gasteiger partial charge in [-0.15, -0.1) is 0 Å². The standard InChI is InChI=1S/C25H27F3N2O3S/c1-34(31,32)30-16-33-15-24(30)12-19-13-25(27,28)10-9-22(19)23(24)8-7-21-6-5-18(14-29-21)17-3-2-4-20(26)11-17/h2-8,11,14,19,22-23H,9-10,12-13,15-16H2,1H3/b8-7+/t19-,22-,23+,24?/m1/s1. The molecule has 5 rings (SSSR count). The summed E-state index contributed by atoms with van der Waals surface area (Å²) in [7, 11) is -3.58. The van der Waals surface area contributed by atoms with Gasteiger partial charge in [-0.05, 0) is 54.5 Å². The van der Waals surface area contributed by atoms with Gasteiger partial charge in [-0.1, -0.05) is 24.3 Å². The number of aromatic nitrogens is 1. The lowest BCUT2D eigenvalue weighted by Crippen LogP contribution is -2.51. The Hall–Kier alpha value is -2.23. The number of rotatable bonds is 4. The molecular formula is C25H27F3N2O3S. The summed E-state index contributed by atoms with van der Waals surface area (Å²) >= 11 is 0. The van der Waals surface area contributed by atoms with E-state index in [9.17, 15) is 21.6 Å². The molecule has 5 nitrogen and oxygen atoms in total. The van der Waals surface area contributed by atoms with Gasteiger partial charge >= 0.3 is 0 Å². The van der Waals surface area contributed by atoms with Gasteiger partial charge in [0.15, 0.2) is 0 Å². The summed E-state index contributed by atoms with van der Waals surface area (Å²) in [5.74, 6) is -3.61. The van der Waals surface area contributed by atoms with E-state index in [1.807, 2.05) is 24.3 Å². The van der Waals surface area contributed by atoms with E-state index < -0.39 is 21.5 Å². The highest BCUT2D eigenvalue weighted by Crippen LogP contribution is 2.58. The fourth-order valence-electron chi connectivity index (χ4n) is 6.16. The SMILES string of the molecule is CS(=O)(=O)N1COCC12C[C@@H]1CC(F)(F)CC[C@H]1[C@@H]2/C=C/c1ccc(-c2cccc(F)c2)cn1. The molecule has 34 heavy (non-hydrogen) atoms.